The maximum absolute atomic E-state index is 11.1. The third-order valence-electron chi connectivity index (χ3n) is 3.55. The van der Waals surface area contributed by atoms with Crippen LogP contribution < -0.4 is 15.5 Å². The van der Waals surface area contributed by atoms with Gasteiger partial charge in [0.15, 0.2) is 0 Å². The summed E-state index contributed by atoms with van der Waals surface area (Å²) >= 11 is 6.13. The van der Waals surface area contributed by atoms with Crippen molar-refractivity contribution in [2.45, 2.75) is 32.9 Å². The molecule has 1 unspecified atom stereocenters. The van der Waals surface area contributed by atoms with E-state index in [0.717, 1.165) is 37.6 Å². The Morgan fingerprint density at radius 3 is 3.00 bits per heavy atom. The lowest BCUT2D eigenvalue weighted by atomic mass is 10.1. The molecule has 1 aliphatic rings. The van der Waals surface area contributed by atoms with Crippen molar-refractivity contribution in [2.24, 2.45) is 0 Å². The lowest BCUT2D eigenvalue weighted by molar-refractivity contribution is -0.119. The van der Waals surface area contributed by atoms with E-state index in [1.807, 2.05) is 12.1 Å². The normalized spacial score (nSPS) is 18.4. The Balaban J connectivity index is 2.11. The molecule has 0 aliphatic carbocycles. The Kier molecular flexibility index (Phi) is 5.26. The lowest BCUT2D eigenvalue weighted by Gasteiger charge is -2.23. The molecule has 1 heterocycles. The number of benzene rings is 1. The largest absolute Gasteiger partial charge is 0.369 e. The lowest BCUT2D eigenvalue weighted by Crippen LogP contribution is -2.35. The standard InChI is InChI=1S/C15H22ClN3O/c1-3-17-9-12-4-5-13(16)8-15(12)19-7-6-14(10-19)18-11(2)20/h4-5,8,14,17H,3,6-7,9-10H2,1-2H3,(H,18,20). The maximum atomic E-state index is 11.1. The fourth-order valence-corrected chi connectivity index (χ4v) is 2.79. The summed E-state index contributed by atoms with van der Waals surface area (Å²) in [6, 6.07) is 6.26. The molecule has 20 heavy (non-hydrogen) atoms. The van der Waals surface area contributed by atoms with Crippen LogP contribution in [0.15, 0.2) is 18.2 Å². The zero-order chi connectivity index (χ0) is 14.5. The SMILES string of the molecule is CCNCc1ccc(Cl)cc1N1CCC(NC(C)=O)C1. The van der Waals surface area contributed by atoms with Gasteiger partial charge in [0, 0.05) is 43.3 Å². The molecule has 5 heteroatoms. The molecule has 2 rings (SSSR count). The first-order valence-corrected chi connectivity index (χ1v) is 7.49. The van der Waals surface area contributed by atoms with Crippen molar-refractivity contribution in [3.05, 3.63) is 28.8 Å². The summed E-state index contributed by atoms with van der Waals surface area (Å²) in [5, 5.41) is 7.09. The Labute approximate surface area is 125 Å². The minimum absolute atomic E-state index is 0.0378. The maximum Gasteiger partial charge on any atom is 0.217 e. The highest BCUT2D eigenvalue weighted by atomic mass is 35.5. The van der Waals surface area contributed by atoms with Gasteiger partial charge in [-0.1, -0.05) is 24.6 Å². The van der Waals surface area contributed by atoms with Gasteiger partial charge in [0.25, 0.3) is 0 Å². The minimum Gasteiger partial charge on any atom is -0.369 e. The van der Waals surface area contributed by atoms with Gasteiger partial charge in [-0.05, 0) is 30.7 Å². The average molecular weight is 296 g/mol. The summed E-state index contributed by atoms with van der Waals surface area (Å²) < 4.78 is 0. The number of anilines is 1. The fourth-order valence-electron chi connectivity index (χ4n) is 2.62. The molecule has 4 nitrogen and oxygen atoms in total. The van der Waals surface area contributed by atoms with Crippen molar-refractivity contribution >= 4 is 23.2 Å². The summed E-state index contributed by atoms with van der Waals surface area (Å²) in [5.41, 5.74) is 2.42. The van der Waals surface area contributed by atoms with Crippen LogP contribution in [0.4, 0.5) is 5.69 Å². The zero-order valence-corrected chi connectivity index (χ0v) is 12.8. The molecule has 1 fully saturated rings. The van der Waals surface area contributed by atoms with E-state index in [1.54, 1.807) is 6.92 Å². The molecule has 1 aliphatic heterocycles. The monoisotopic (exact) mass is 295 g/mol. The van der Waals surface area contributed by atoms with E-state index < -0.39 is 0 Å². The van der Waals surface area contributed by atoms with E-state index in [-0.39, 0.29) is 11.9 Å². The molecule has 0 radical (unpaired) electrons. The van der Waals surface area contributed by atoms with E-state index in [0.29, 0.717) is 0 Å². The summed E-state index contributed by atoms with van der Waals surface area (Å²) in [4.78, 5) is 13.4. The summed E-state index contributed by atoms with van der Waals surface area (Å²) in [5.74, 6) is 0.0378. The van der Waals surface area contributed by atoms with Gasteiger partial charge < -0.3 is 15.5 Å². The highest BCUT2D eigenvalue weighted by molar-refractivity contribution is 6.30. The summed E-state index contributed by atoms with van der Waals surface area (Å²) in [7, 11) is 0. The third-order valence-corrected chi connectivity index (χ3v) is 3.78. The van der Waals surface area contributed by atoms with Crippen molar-refractivity contribution in [3.63, 3.8) is 0 Å². The van der Waals surface area contributed by atoms with Crippen molar-refractivity contribution < 1.29 is 4.79 Å². The minimum atomic E-state index is 0.0378. The van der Waals surface area contributed by atoms with Gasteiger partial charge in [-0.25, -0.2) is 0 Å². The molecular formula is C15H22ClN3O. The molecular weight excluding hydrogens is 274 g/mol. The zero-order valence-electron chi connectivity index (χ0n) is 12.1. The van der Waals surface area contributed by atoms with Crippen molar-refractivity contribution in [3.8, 4) is 0 Å². The average Bonchev–Trinajstić information content (AvgIpc) is 2.84. The van der Waals surface area contributed by atoms with Crippen LogP contribution in [-0.2, 0) is 11.3 Å². The number of halogens is 1. The number of carbonyl (C=O) groups excluding carboxylic acids is 1. The first-order chi connectivity index (χ1) is 9.60. The predicted octanol–water partition coefficient (Wildman–Crippen LogP) is 2.16. The first kappa shape index (κ1) is 15.1. The highest BCUT2D eigenvalue weighted by Gasteiger charge is 2.24. The van der Waals surface area contributed by atoms with Gasteiger partial charge in [-0.3, -0.25) is 4.79 Å². The van der Waals surface area contributed by atoms with Gasteiger partial charge in [-0.15, -0.1) is 0 Å². The van der Waals surface area contributed by atoms with E-state index in [9.17, 15) is 4.79 Å². The topological polar surface area (TPSA) is 44.4 Å². The third kappa shape index (κ3) is 3.87. The second kappa shape index (κ2) is 6.95. The summed E-state index contributed by atoms with van der Waals surface area (Å²) in [6.07, 6.45) is 0.979. The Morgan fingerprint density at radius 2 is 2.30 bits per heavy atom. The molecule has 0 saturated carbocycles. The Bertz CT molecular complexity index is 478. The number of rotatable bonds is 5. The molecule has 1 saturated heterocycles. The van der Waals surface area contributed by atoms with Crippen LogP contribution in [0.2, 0.25) is 5.02 Å². The molecule has 1 atom stereocenters. The predicted molar refractivity (Wildman–Crippen MR) is 83.3 cm³/mol. The number of amides is 1. The molecule has 1 aromatic carbocycles. The van der Waals surface area contributed by atoms with Gasteiger partial charge >= 0.3 is 0 Å². The Morgan fingerprint density at radius 1 is 1.50 bits per heavy atom. The van der Waals surface area contributed by atoms with Crippen LogP contribution in [0.5, 0.6) is 0 Å². The number of hydrogen-bond donors (Lipinski definition) is 2. The molecule has 1 aromatic rings. The van der Waals surface area contributed by atoms with E-state index in [2.05, 4.69) is 28.5 Å². The molecule has 1 amide bonds. The van der Waals surface area contributed by atoms with Crippen molar-refractivity contribution in [1.82, 2.24) is 10.6 Å². The molecule has 0 bridgehead atoms. The van der Waals surface area contributed by atoms with Crippen molar-refractivity contribution in [1.29, 1.82) is 0 Å². The summed E-state index contributed by atoms with van der Waals surface area (Å²) in [6.45, 7) is 7.24. The van der Waals surface area contributed by atoms with Crippen LogP contribution in [0, 0.1) is 0 Å². The smallest absolute Gasteiger partial charge is 0.217 e. The molecule has 110 valence electrons. The number of nitrogens with zero attached hydrogens (tertiary/aromatic N) is 1. The number of hydrogen-bond acceptors (Lipinski definition) is 3. The second-order valence-corrected chi connectivity index (χ2v) is 5.62. The van der Waals surface area contributed by atoms with E-state index >= 15 is 0 Å². The first-order valence-electron chi connectivity index (χ1n) is 7.11. The van der Waals surface area contributed by atoms with Crippen LogP contribution in [0.1, 0.15) is 25.8 Å². The van der Waals surface area contributed by atoms with Crippen molar-refractivity contribution in [2.75, 3.05) is 24.5 Å². The van der Waals surface area contributed by atoms with Gasteiger partial charge in [-0.2, -0.15) is 0 Å². The fraction of sp³-hybridized carbons (Fsp3) is 0.533. The molecule has 0 aromatic heterocycles. The highest BCUT2D eigenvalue weighted by Crippen LogP contribution is 2.28. The molecule has 0 spiro atoms. The number of nitrogens with one attached hydrogen (secondary N) is 2. The Hall–Kier alpha value is -1.26. The van der Waals surface area contributed by atoms with Gasteiger partial charge in [0.1, 0.15) is 0 Å². The second-order valence-electron chi connectivity index (χ2n) is 5.19. The molecule has 2 N–H and O–H groups in total. The van der Waals surface area contributed by atoms with E-state index in [4.69, 9.17) is 11.6 Å². The van der Waals surface area contributed by atoms with E-state index in [1.165, 1.54) is 11.3 Å². The number of carbonyl (C=O) groups is 1. The quantitative estimate of drug-likeness (QED) is 0.875. The van der Waals surface area contributed by atoms with Crippen LogP contribution in [0.25, 0.3) is 0 Å². The van der Waals surface area contributed by atoms with Crippen LogP contribution in [-0.4, -0.2) is 31.6 Å². The van der Waals surface area contributed by atoms with Crippen LogP contribution in [0.3, 0.4) is 0 Å². The van der Waals surface area contributed by atoms with Gasteiger partial charge in [0.05, 0.1) is 0 Å². The van der Waals surface area contributed by atoms with Gasteiger partial charge in [0.2, 0.25) is 5.91 Å². The van der Waals surface area contributed by atoms with Crippen LogP contribution >= 0.6 is 11.6 Å².